The second kappa shape index (κ2) is 6.23. The Balaban J connectivity index is 1.71. The number of sulfonamides is 1. The number of hydrogen-bond donors (Lipinski definition) is 2. The Morgan fingerprint density at radius 3 is 3.18 bits per heavy atom. The fourth-order valence-corrected chi connectivity index (χ4v) is 4.07. The van der Waals surface area contributed by atoms with Gasteiger partial charge in [-0.3, -0.25) is 4.72 Å². The van der Waals surface area contributed by atoms with Crippen LogP contribution in [-0.4, -0.2) is 50.6 Å². The number of hydrogen-bond acceptors (Lipinski definition) is 5. The number of pyridine rings is 1. The Hall–Kier alpha value is -1.64. The van der Waals surface area contributed by atoms with Gasteiger partial charge in [-0.2, -0.15) is 0 Å². The fourth-order valence-electron chi connectivity index (χ4n) is 2.68. The molecule has 2 aromatic rings. The first-order valence-electron chi connectivity index (χ1n) is 7.11. The fraction of sp³-hybridized carbons (Fsp3) is 0.500. The molecular formula is C14H19N3O4S. The summed E-state index contributed by atoms with van der Waals surface area (Å²) >= 11 is 0. The Kier molecular flexibility index (Phi) is 4.32. The monoisotopic (exact) mass is 325 g/mol. The van der Waals surface area contributed by atoms with Gasteiger partial charge in [0.2, 0.25) is 10.0 Å². The number of anilines is 1. The molecule has 0 saturated carbocycles. The predicted molar refractivity (Wildman–Crippen MR) is 83.2 cm³/mol. The summed E-state index contributed by atoms with van der Waals surface area (Å²) in [6.45, 7) is 1.21. The third kappa shape index (κ3) is 3.40. The lowest BCUT2D eigenvalue weighted by atomic mass is 10.0. The molecule has 1 aliphatic rings. The van der Waals surface area contributed by atoms with Crippen LogP contribution in [0.4, 0.5) is 5.69 Å². The van der Waals surface area contributed by atoms with Crippen LogP contribution in [-0.2, 0) is 19.5 Å². The molecule has 2 aromatic heterocycles. The van der Waals surface area contributed by atoms with Crippen molar-refractivity contribution in [2.24, 2.45) is 5.92 Å². The summed E-state index contributed by atoms with van der Waals surface area (Å²) in [5.41, 5.74) is 1.17. The molecule has 0 aliphatic carbocycles. The highest BCUT2D eigenvalue weighted by Crippen LogP contribution is 2.21. The molecule has 1 aliphatic heterocycles. The normalized spacial score (nSPS) is 20.3. The van der Waals surface area contributed by atoms with E-state index in [9.17, 15) is 8.42 Å². The highest BCUT2D eigenvalue weighted by atomic mass is 32.2. The van der Waals surface area contributed by atoms with Gasteiger partial charge >= 0.3 is 0 Å². The van der Waals surface area contributed by atoms with E-state index in [2.05, 4.69) is 14.7 Å². The molecule has 120 valence electrons. The van der Waals surface area contributed by atoms with Crippen molar-refractivity contribution in [2.45, 2.75) is 12.5 Å². The molecule has 0 aromatic carbocycles. The predicted octanol–water partition coefficient (Wildman–Crippen LogP) is 1.36. The van der Waals surface area contributed by atoms with Gasteiger partial charge in [0.15, 0.2) is 0 Å². The van der Waals surface area contributed by atoms with Crippen molar-refractivity contribution in [3.05, 3.63) is 24.5 Å². The van der Waals surface area contributed by atoms with Crippen LogP contribution in [0.3, 0.4) is 0 Å². The first-order valence-corrected chi connectivity index (χ1v) is 8.77. The average Bonchev–Trinajstić information content (AvgIpc) is 3.15. The van der Waals surface area contributed by atoms with Crippen LogP contribution in [0.15, 0.2) is 24.5 Å². The molecule has 1 fully saturated rings. The van der Waals surface area contributed by atoms with Crippen LogP contribution >= 0.6 is 0 Å². The molecule has 0 amide bonds. The number of methoxy groups -OCH3 is 1. The minimum absolute atomic E-state index is 0.0945. The summed E-state index contributed by atoms with van der Waals surface area (Å²) in [6.07, 6.45) is 3.71. The Bertz CT molecular complexity index is 737. The highest BCUT2D eigenvalue weighted by Gasteiger charge is 2.30. The number of ether oxygens (including phenoxy) is 2. The first-order chi connectivity index (χ1) is 10.6. The molecule has 3 heterocycles. The number of nitrogens with zero attached hydrogens (tertiary/aromatic N) is 1. The zero-order valence-corrected chi connectivity index (χ0v) is 13.1. The van der Waals surface area contributed by atoms with Crippen molar-refractivity contribution in [3.8, 4) is 0 Å². The lowest BCUT2D eigenvalue weighted by Crippen LogP contribution is -2.33. The third-order valence-corrected chi connectivity index (χ3v) is 5.16. The lowest BCUT2D eigenvalue weighted by molar-refractivity contribution is 0.0612. The highest BCUT2D eigenvalue weighted by molar-refractivity contribution is 7.92. The van der Waals surface area contributed by atoms with E-state index in [0.29, 0.717) is 18.9 Å². The molecule has 0 radical (unpaired) electrons. The number of nitrogens with one attached hydrogen (secondary N) is 2. The summed E-state index contributed by atoms with van der Waals surface area (Å²) < 4.78 is 37.9. The second-order valence-electron chi connectivity index (χ2n) is 5.42. The Morgan fingerprint density at radius 2 is 2.45 bits per heavy atom. The maximum atomic E-state index is 12.3. The minimum atomic E-state index is -3.52. The van der Waals surface area contributed by atoms with Crippen molar-refractivity contribution >= 4 is 26.7 Å². The molecule has 2 unspecified atom stereocenters. The molecular weight excluding hydrogens is 306 g/mol. The van der Waals surface area contributed by atoms with Crippen molar-refractivity contribution < 1.29 is 17.9 Å². The van der Waals surface area contributed by atoms with Gasteiger partial charge in [0.1, 0.15) is 5.65 Å². The maximum absolute atomic E-state index is 12.3. The quantitative estimate of drug-likeness (QED) is 0.836. The molecule has 0 spiro atoms. The largest absolute Gasteiger partial charge is 0.381 e. The number of aromatic nitrogens is 2. The van der Waals surface area contributed by atoms with Gasteiger partial charge in [0, 0.05) is 31.2 Å². The first kappa shape index (κ1) is 15.3. The standard InChI is InChI=1S/C14H19N3O4S/c1-20-13(11-3-5-21-8-11)9-22(18,19)17-12-6-10-2-4-15-14(10)16-7-12/h2,4,6-7,11,13,17H,3,5,8-9H2,1H3,(H,15,16). The lowest BCUT2D eigenvalue weighted by Gasteiger charge is -2.21. The Morgan fingerprint density at radius 1 is 1.59 bits per heavy atom. The maximum Gasteiger partial charge on any atom is 0.235 e. The van der Waals surface area contributed by atoms with Gasteiger partial charge in [0.05, 0.1) is 30.3 Å². The molecule has 7 nitrogen and oxygen atoms in total. The smallest absolute Gasteiger partial charge is 0.235 e. The minimum Gasteiger partial charge on any atom is -0.381 e. The van der Waals surface area contributed by atoms with Gasteiger partial charge < -0.3 is 14.5 Å². The summed E-state index contributed by atoms with van der Waals surface area (Å²) in [4.78, 5) is 7.13. The van der Waals surface area contributed by atoms with Crippen LogP contribution in [0, 0.1) is 5.92 Å². The topological polar surface area (TPSA) is 93.3 Å². The van der Waals surface area contributed by atoms with Crippen molar-refractivity contribution in [1.82, 2.24) is 9.97 Å². The van der Waals surface area contributed by atoms with Gasteiger partial charge in [-0.25, -0.2) is 13.4 Å². The summed E-state index contributed by atoms with van der Waals surface area (Å²) in [6, 6.07) is 3.59. The summed E-state index contributed by atoms with van der Waals surface area (Å²) in [5, 5.41) is 0.854. The van der Waals surface area contributed by atoms with E-state index in [1.165, 1.54) is 13.3 Å². The summed E-state index contributed by atoms with van der Waals surface area (Å²) in [5.74, 6) is 0.0229. The average molecular weight is 325 g/mol. The second-order valence-corrected chi connectivity index (χ2v) is 7.19. The zero-order chi connectivity index (χ0) is 15.6. The van der Waals surface area contributed by atoms with E-state index in [0.717, 1.165) is 17.5 Å². The van der Waals surface area contributed by atoms with E-state index in [1.807, 2.05) is 6.07 Å². The zero-order valence-electron chi connectivity index (χ0n) is 12.3. The molecule has 2 atom stereocenters. The van der Waals surface area contributed by atoms with Gasteiger partial charge in [-0.1, -0.05) is 0 Å². The number of aromatic amines is 1. The van der Waals surface area contributed by atoms with Crippen LogP contribution in [0.1, 0.15) is 6.42 Å². The summed E-state index contributed by atoms with van der Waals surface area (Å²) in [7, 11) is -1.98. The SMILES string of the molecule is COC(CS(=O)(=O)Nc1cnc2[nH]ccc2c1)C1CCOC1. The van der Waals surface area contributed by atoms with Gasteiger partial charge in [-0.15, -0.1) is 0 Å². The third-order valence-electron chi connectivity index (χ3n) is 3.85. The molecule has 3 rings (SSSR count). The van der Waals surface area contributed by atoms with E-state index in [4.69, 9.17) is 9.47 Å². The van der Waals surface area contributed by atoms with Crippen molar-refractivity contribution in [2.75, 3.05) is 30.8 Å². The Labute approximate surface area is 129 Å². The van der Waals surface area contributed by atoms with Crippen LogP contribution in [0.2, 0.25) is 0 Å². The molecule has 8 heteroatoms. The molecule has 0 bridgehead atoms. The van der Waals surface area contributed by atoms with Crippen molar-refractivity contribution in [1.29, 1.82) is 0 Å². The van der Waals surface area contributed by atoms with Gasteiger partial charge in [0.25, 0.3) is 0 Å². The molecule has 22 heavy (non-hydrogen) atoms. The molecule has 1 saturated heterocycles. The van der Waals surface area contributed by atoms with Crippen LogP contribution < -0.4 is 4.72 Å². The van der Waals surface area contributed by atoms with E-state index in [-0.39, 0.29) is 17.8 Å². The van der Waals surface area contributed by atoms with Gasteiger partial charge in [-0.05, 0) is 18.6 Å². The van der Waals surface area contributed by atoms with Crippen LogP contribution in [0.25, 0.3) is 11.0 Å². The van der Waals surface area contributed by atoms with Crippen LogP contribution in [0.5, 0.6) is 0 Å². The molecule has 2 N–H and O–H groups in total. The van der Waals surface area contributed by atoms with E-state index < -0.39 is 10.0 Å². The number of fused-ring (bicyclic) bond motifs is 1. The van der Waals surface area contributed by atoms with E-state index in [1.54, 1.807) is 12.3 Å². The van der Waals surface area contributed by atoms with E-state index >= 15 is 0 Å². The number of H-pyrrole nitrogens is 1. The van der Waals surface area contributed by atoms with Crippen molar-refractivity contribution in [3.63, 3.8) is 0 Å². The number of rotatable bonds is 6.